The van der Waals surface area contributed by atoms with Gasteiger partial charge in [-0.1, -0.05) is 30.7 Å². The Hall–Kier alpha value is 0.170. The van der Waals surface area contributed by atoms with Crippen LogP contribution in [0.2, 0.25) is 5.02 Å². The second kappa shape index (κ2) is 7.82. The van der Waals surface area contributed by atoms with Gasteiger partial charge in [-0.3, -0.25) is 0 Å². The van der Waals surface area contributed by atoms with Gasteiger partial charge in [0.15, 0.2) is 0 Å². The van der Waals surface area contributed by atoms with Gasteiger partial charge in [0.05, 0.1) is 0 Å². The van der Waals surface area contributed by atoms with Crippen molar-refractivity contribution >= 4 is 35.1 Å². The van der Waals surface area contributed by atoms with Crippen molar-refractivity contribution in [3.05, 3.63) is 34.9 Å². The molecule has 106 valence electrons. The summed E-state index contributed by atoms with van der Waals surface area (Å²) in [5, 5.41) is 5.84. The fourth-order valence-corrected chi connectivity index (χ4v) is 6.13. The molecule has 0 aromatic heterocycles. The Morgan fingerprint density at radius 3 is 2.84 bits per heavy atom. The van der Waals surface area contributed by atoms with Gasteiger partial charge < -0.3 is 5.32 Å². The van der Waals surface area contributed by atoms with Crippen molar-refractivity contribution in [3.63, 3.8) is 0 Å². The molecule has 1 aliphatic heterocycles. The molecule has 0 spiro atoms. The second-order valence-corrected chi connectivity index (χ2v) is 7.95. The van der Waals surface area contributed by atoms with Crippen molar-refractivity contribution in [1.29, 1.82) is 0 Å². The van der Waals surface area contributed by atoms with E-state index in [-0.39, 0.29) is 0 Å². The smallest absolute Gasteiger partial charge is 0.0408 e. The van der Waals surface area contributed by atoms with Crippen LogP contribution in [0.5, 0.6) is 0 Å². The molecule has 3 unspecified atom stereocenters. The molecule has 0 aliphatic carbocycles. The summed E-state index contributed by atoms with van der Waals surface area (Å²) < 4.78 is 0. The molecule has 4 heteroatoms. The van der Waals surface area contributed by atoms with E-state index in [0.717, 1.165) is 16.7 Å². The van der Waals surface area contributed by atoms with Crippen molar-refractivity contribution in [1.82, 2.24) is 5.32 Å². The zero-order valence-electron chi connectivity index (χ0n) is 11.6. The van der Waals surface area contributed by atoms with Gasteiger partial charge in [-0.25, -0.2) is 0 Å². The molecular formula is C15H22ClNS2. The van der Waals surface area contributed by atoms with Crippen LogP contribution in [0.25, 0.3) is 0 Å². The first-order chi connectivity index (χ1) is 9.24. The molecule has 1 fully saturated rings. The fraction of sp³-hybridized carbons (Fsp3) is 0.600. The van der Waals surface area contributed by atoms with Crippen molar-refractivity contribution in [2.75, 3.05) is 18.6 Å². The second-order valence-electron chi connectivity index (χ2n) is 4.88. The Labute approximate surface area is 130 Å². The van der Waals surface area contributed by atoms with Crippen LogP contribution in [-0.2, 0) is 6.42 Å². The molecule has 1 N–H and O–H groups in total. The Morgan fingerprint density at radius 2 is 2.16 bits per heavy atom. The van der Waals surface area contributed by atoms with Gasteiger partial charge in [0.1, 0.15) is 0 Å². The fourth-order valence-electron chi connectivity index (χ4n) is 2.61. The van der Waals surface area contributed by atoms with Crippen molar-refractivity contribution < 1.29 is 0 Å². The van der Waals surface area contributed by atoms with Gasteiger partial charge in [0.2, 0.25) is 0 Å². The molecule has 0 bridgehead atoms. The standard InChI is InChI=1S/C15H22ClNS2/c1-3-14-15(19-8-7-18-14)13(17-2)10-11-5-4-6-12(16)9-11/h4-6,9,13-15,17H,3,7-8,10H2,1-2H3. The molecule has 0 saturated carbocycles. The Bertz CT molecular complexity index is 399. The highest BCUT2D eigenvalue weighted by Crippen LogP contribution is 2.36. The Kier molecular flexibility index (Phi) is 6.40. The third-order valence-corrected chi connectivity index (χ3v) is 7.25. The highest BCUT2D eigenvalue weighted by atomic mass is 35.5. The summed E-state index contributed by atoms with van der Waals surface area (Å²) in [5.41, 5.74) is 1.33. The average Bonchev–Trinajstić information content (AvgIpc) is 2.45. The van der Waals surface area contributed by atoms with Crippen LogP contribution in [0.1, 0.15) is 18.9 Å². The quantitative estimate of drug-likeness (QED) is 0.878. The van der Waals surface area contributed by atoms with Gasteiger partial charge in [0, 0.05) is 33.1 Å². The number of hydrogen-bond donors (Lipinski definition) is 1. The van der Waals surface area contributed by atoms with Gasteiger partial charge >= 0.3 is 0 Å². The third-order valence-electron chi connectivity index (χ3n) is 3.61. The molecule has 1 aliphatic rings. The molecule has 1 aromatic rings. The monoisotopic (exact) mass is 315 g/mol. The van der Waals surface area contributed by atoms with Crippen molar-refractivity contribution in [3.8, 4) is 0 Å². The summed E-state index contributed by atoms with van der Waals surface area (Å²) in [6.07, 6.45) is 2.32. The summed E-state index contributed by atoms with van der Waals surface area (Å²) in [7, 11) is 2.09. The van der Waals surface area contributed by atoms with E-state index in [2.05, 4.69) is 54.9 Å². The molecular weight excluding hydrogens is 294 g/mol. The zero-order valence-corrected chi connectivity index (χ0v) is 14.0. The minimum atomic E-state index is 0.529. The van der Waals surface area contributed by atoms with Crippen LogP contribution >= 0.6 is 35.1 Å². The van der Waals surface area contributed by atoms with E-state index in [0.29, 0.717) is 11.3 Å². The lowest BCUT2D eigenvalue weighted by Crippen LogP contribution is -2.44. The summed E-state index contributed by atoms with van der Waals surface area (Å²) in [4.78, 5) is 0. The molecule has 1 saturated heterocycles. The van der Waals surface area contributed by atoms with E-state index in [4.69, 9.17) is 11.6 Å². The van der Waals surface area contributed by atoms with Crippen LogP contribution in [0.3, 0.4) is 0 Å². The summed E-state index contributed by atoms with van der Waals surface area (Å²) in [6.45, 7) is 2.31. The highest BCUT2D eigenvalue weighted by molar-refractivity contribution is 8.07. The maximum absolute atomic E-state index is 6.08. The molecule has 3 atom stereocenters. The third kappa shape index (κ3) is 4.32. The molecule has 0 radical (unpaired) electrons. The van der Waals surface area contributed by atoms with E-state index in [1.807, 2.05) is 12.1 Å². The predicted molar refractivity (Wildman–Crippen MR) is 90.8 cm³/mol. The number of thioether (sulfide) groups is 2. The maximum atomic E-state index is 6.08. The van der Waals surface area contributed by atoms with Crippen LogP contribution in [0.15, 0.2) is 24.3 Å². The maximum Gasteiger partial charge on any atom is 0.0408 e. The first-order valence-corrected chi connectivity index (χ1v) is 9.37. The average molecular weight is 316 g/mol. The molecule has 19 heavy (non-hydrogen) atoms. The van der Waals surface area contributed by atoms with Crippen LogP contribution in [-0.4, -0.2) is 35.1 Å². The Balaban J connectivity index is 2.06. The minimum absolute atomic E-state index is 0.529. The van der Waals surface area contributed by atoms with E-state index in [9.17, 15) is 0 Å². The van der Waals surface area contributed by atoms with Gasteiger partial charge in [-0.2, -0.15) is 23.5 Å². The molecule has 1 nitrogen and oxygen atoms in total. The summed E-state index contributed by atoms with van der Waals surface area (Å²) in [6, 6.07) is 8.79. The molecule has 1 aromatic carbocycles. The number of benzene rings is 1. The predicted octanol–water partition coefficient (Wildman–Crippen LogP) is 4.10. The number of rotatable bonds is 5. The van der Waals surface area contributed by atoms with Crippen LogP contribution < -0.4 is 5.32 Å². The Morgan fingerprint density at radius 1 is 1.37 bits per heavy atom. The first-order valence-electron chi connectivity index (χ1n) is 6.89. The largest absolute Gasteiger partial charge is 0.316 e. The normalized spacial score (nSPS) is 25.2. The SMILES string of the molecule is CCC1SCCSC1C(Cc1cccc(Cl)c1)NC. The molecule has 2 rings (SSSR count). The number of hydrogen-bond acceptors (Lipinski definition) is 3. The van der Waals surface area contributed by atoms with E-state index < -0.39 is 0 Å². The van der Waals surface area contributed by atoms with E-state index in [1.165, 1.54) is 23.5 Å². The lowest BCUT2D eigenvalue weighted by atomic mass is 10.0. The lowest BCUT2D eigenvalue weighted by molar-refractivity contribution is 0.517. The topological polar surface area (TPSA) is 12.0 Å². The lowest BCUT2D eigenvalue weighted by Gasteiger charge is -2.36. The number of halogens is 1. The van der Waals surface area contributed by atoms with E-state index in [1.54, 1.807) is 0 Å². The summed E-state index contributed by atoms with van der Waals surface area (Å²) >= 11 is 10.4. The van der Waals surface area contributed by atoms with E-state index >= 15 is 0 Å². The number of nitrogens with one attached hydrogen (secondary N) is 1. The van der Waals surface area contributed by atoms with Crippen molar-refractivity contribution in [2.24, 2.45) is 0 Å². The summed E-state index contributed by atoms with van der Waals surface area (Å²) in [5.74, 6) is 2.58. The highest BCUT2D eigenvalue weighted by Gasteiger charge is 2.31. The van der Waals surface area contributed by atoms with Gasteiger partial charge in [-0.15, -0.1) is 0 Å². The van der Waals surface area contributed by atoms with Crippen LogP contribution in [0, 0.1) is 0 Å². The van der Waals surface area contributed by atoms with Gasteiger partial charge in [0.25, 0.3) is 0 Å². The zero-order chi connectivity index (χ0) is 13.7. The van der Waals surface area contributed by atoms with Gasteiger partial charge in [-0.05, 0) is 37.6 Å². The van der Waals surface area contributed by atoms with Crippen molar-refractivity contribution in [2.45, 2.75) is 36.3 Å². The molecule has 0 amide bonds. The number of likely N-dealkylation sites (N-methyl/N-ethyl adjacent to an activating group) is 1. The molecule has 1 heterocycles. The van der Waals surface area contributed by atoms with Crippen LogP contribution in [0.4, 0.5) is 0 Å². The first kappa shape index (κ1) is 15.6. The minimum Gasteiger partial charge on any atom is -0.316 e.